The molecule has 0 aromatic heterocycles. The second-order valence-electron chi connectivity index (χ2n) is 10.9. The van der Waals surface area contributed by atoms with Gasteiger partial charge in [-0.25, -0.2) is 23.1 Å². The number of ether oxygens (including phenoxy) is 2. The van der Waals surface area contributed by atoms with Crippen molar-refractivity contribution in [3.63, 3.8) is 0 Å². The summed E-state index contributed by atoms with van der Waals surface area (Å²) in [6, 6.07) is 16.3. The largest absolute Gasteiger partial charge is 0.493 e. The average molecular weight is 639 g/mol. The minimum absolute atomic E-state index is 0.0556. The van der Waals surface area contributed by atoms with Gasteiger partial charge in [-0.2, -0.15) is 0 Å². The number of nitrogens with one attached hydrogen (secondary N) is 1. The number of aliphatic imine (C=N–C) groups is 1. The van der Waals surface area contributed by atoms with Crippen LogP contribution in [0.1, 0.15) is 31.4 Å². The molecule has 0 radical (unpaired) electrons. The van der Waals surface area contributed by atoms with Crippen LogP contribution in [-0.2, 0) is 24.3 Å². The Balaban J connectivity index is 1.55. The highest BCUT2D eigenvalue weighted by Gasteiger charge is 2.55. The fraction of sp³-hybridized carbons (Fsp3) is 0.290. The van der Waals surface area contributed by atoms with Crippen LogP contribution in [-0.4, -0.2) is 66.2 Å². The highest BCUT2D eigenvalue weighted by Crippen LogP contribution is 2.36. The lowest BCUT2D eigenvalue weighted by Crippen LogP contribution is -2.59. The number of benzene rings is 3. The van der Waals surface area contributed by atoms with Crippen molar-refractivity contribution in [1.82, 2.24) is 9.21 Å². The van der Waals surface area contributed by atoms with Crippen LogP contribution in [0.2, 0.25) is 5.02 Å². The van der Waals surface area contributed by atoms with E-state index >= 15 is 0 Å². The first kappa shape index (κ1) is 31.0. The summed E-state index contributed by atoms with van der Waals surface area (Å²) in [5.41, 5.74) is 0.651. The van der Waals surface area contributed by atoms with Gasteiger partial charge in [-0.05, 0) is 63.6 Å². The molecule has 2 heterocycles. The zero-order chi connectivity index (χ0) is 31.8. The van der Waals surface area contributed by atoms with E-state index in [4.69, 9.17) is 21.1 Å². The quantitative estimate of drug-likeness (QED) is 0.317. The molecule has 2 aliphatic rings. The van der Waals surface area contributed by atoms with Crippen molar-refractivity contribution in [3.05, 3.63) is 82.9 Å². The molecule has 230 valence electrons. The number of para-hydroxylation sites is 2. The number of amidine groups is 1. The van der Waals surface area contributed by atoms with Crippen LogP contribution in [0.25, 0.3) is 0 Å². The summed E-state index contributed by atoms with van der Waals surface area (Å²) >= 11 is 6.28. The highest BCUT2D eigenvalue weighted by atomic mass is 35.5. The summed E-state index contributed by atoms with van der Waals surface area (Å²) in [5.74, 6) is -1.44. The number of sulfonamides is 1. The number of anilines is 1. The predicted octanol–water partition coefficient (Wildman–Crippen LogP) is 5.22. The van der Waals surface area contributed by atoms with Crippen molar-refractivity contribution in [2.24, 2.45) is 4.99 Å². The molecule has 1 atom stereocenters. The molecular weight excluding hydrogens is 608 g/mol. The summed E-state index contributed by atoms with van der Waals surface area (Å²) < 4.78 is 40.2. The first-order valence-electron chi connectivity index (χ1n) is 13.8. The minimum Gasteiger partial charge on any atom is -0.493 e. The normalized spacial score (nSPS) is 17.4. The Morgan fingerprint density at radius 2 is 1.77 bits per heavy atom. The van der Waals surface area contributed by atoms with Crippen molar-refractivity contribution < 1.29 is 32.3 Å². The maximum absolute atomic E-state index is 14.0. The van der Waals surface area contributed by atoms with E-state index in [0.29, 0.717) is 10.6 Å². The Bertz CT molecular complexity index is 1790. The topological polar surface area (TPSA) is 135 Å². The van der Waals surface area contributed by atoms with Gasteiger partial charge >= 0.3 is 6.09 Å². The monoisotopic (exact) mass is 638 g/mol. The third-order valence-corrected chi connectivity index (χ3v) is 9.35. The number of imide groups is 1. The molecule has 0 aliphatic carbocycles. The van der Waals surface area contributed by atoms with Crippen LogP contribution in [0.3, 0.4) is 0 Å². The van der Waals surface area contributed by atoms with Gasteiger partial charge in [0.15, 0.2) is 17.5 Å². The molecule has 0 saturated carbocycles. The maximum Gasteiger partial charge on any atom is 0.418 e. The van der Waals surface area contributed by atoms with Gasteiger partial charge < -0.3 is 14.8 Å². The highest BCUT2D eigenvalue weighted by molar-refractivity contribution is 7.90. The van der Waals surface area contributed by atoms with Gasteiger partial charge in [0.2, 0.25) is 0 Å². The Labute approximate surface area is 260 Å². The SMILES string of the molecule is Cc1ccc(OCCCN2C(C(C(=O)Nc3ccccc3Cl)N3C(=O)OC(C)(C)C3=O)=Nc3ccccc3S2(=O)=O)c(C)c1. The van der Waals surface area contributed by atoms with E-state index in [9.17, 15) is 22.8 Å². The number of carbonyl (C=O) groups is 3. The second kappa shape index (κ2) is 11.9. The van der Waals surface area contributed by atoms with Gasteiger partial charge in [-0.15, -0.1) is 0 Å². The fourth-order valence-corrected chi connectivity index (χ4v) is 6.80. The number of cyclic esters (lactones) is 1. The number of hydrogen-bond donors (Lipinski definition) is 1. The van der Waals surface area contributed by atoms with Gasteiger partial charge in [0, 0.05) is 13.0 Å². The maximum atomic E-state index is 14.0. The molecule has 1 saturated heterocycles. The molecular formula is C31H31ClN4O7S. The number of rotatable bonds is 9. The molecule has 0 spiro atoms. The Morgan fingerprint density at radius 3 is 2.45 bits per heavy atom. The van der Waals surface area contributed by atoms with Crippen LogP contribution < -0.4 is 10.1 Å². The van der Waals surface area contributed by atoms with E-state index in [1.54, 1.807) is 30.3 Å². The molecule has 13 heteroatoms. The second-order valence-corrected chi connectivity index (χ2v) is 13.1. The number of aryl methyl sites for hydroxylation is 2. The van der Waals surface area contributed by atoms with Gasteiger partial charge in [-0.1, -0.05) is 53.6 Å². The lowest BCUT2D eigenvalue weighted by atomic mass is 10.1. The van der Waals surface area contributed by atoms with Crippen molar-refractivity contribution in [1.29, 1.82) is 0 Å². The van der Waals surface area contributed by atoms with Gasteiger partial charge in [0.05, 0.1) is 23.0 Å². The smallest absolute Gasteiger partial charge is 0.418 e. The molecule has 44 heavy (non-hydrogen) atoms. The van der Waals surface area contributed by atoms with E-state index in [2.05, 4.69) is 10.3 Å². The summed E-state index contributed by atoms with van der Waals surface area (Å²) in [7, 11) is -4.29. The number of fused-ring (bicyclic) bond motifs is 1. The molecule has 11 nitrogen and oxygen atoms in total. The molecule has 5 rings (SSSR count). The van der Waals surface area contributed by atoms with Crippen LogP contribution in [0.15, 0.2) is 76.6 Å². The number of carbonyl (C=O) groups excluding carboxylic acids is 3. The zero-order valence-electron chi connectivity index (χ0n) is 24.5. The van der Waals surface area contributed by atoms with Crippen LogP contribution in [0.4, 0.5) is 16.2 Å². The molecule has 3 aromatic rings. The van der Waals surface area contributed by atoms with Crippen molar-refractivity contribution in [2.45, 2.75) is 50.7 Å². The summed E-state index contributed by atoms with van der Waals surface area (Å²) in [6.45, 7) is 6.61. The Kier molecular flexibility index (Phi) is 8.41. The van der Waals surface area contributed by atoms with Crippen molar-refractivity contribution in [3.8, 4) is 5.75 Å². The third kappa shape index (κ3) is 5.87. The lowest BCUT2D eigenvalue weighted by Gasteiger charge is -2.35. The van der Waals surface area contributed by atoms with Crippen LogP contribution in [0.5, 0.6) is 5.75 Å². The van der Waals surface area contributed by atoms with E-state index in [0.717, 1.165) is 15.4 Å². The standard InChI is InChI=1S/C31H31ClN4O7S/c1-19-14-15-24(20(2)18-19)42-17-9-16-35-27(33-23-12-7-8-13-25(23)44(35,40)41)26(36-29(38)31(3,4)43-30(36)39)28(37)34-22-11-6-5-10-21(22)32/h5-8,10-15,18,26H,9,16-17H2,1-4H3,(H,34,37). The Morgan fingerprint density at radius 1 is 1.07 bits per heavy atom. The molecule has 3 aromatic carbocycles. The molecule has 3 amide bonds. The summed E-state index contributed by atoms with van der Waals surface area (Å²) in [4.78, 5) is 45.7. The van der Waals surface area contributed by atoms with E-state index in [1.807, 2.05) is 32.0 Å². The zero-order valence-corrected chi connectivity index (χ0v) is 26.1. The van der Waals surface area contributed by atoms with Gasteiger partial charge in [-0.3, -0.25) is 13.9 Å². The summed E-state index contributed by atoms with van der Waals surface area (Å²) in [5, 5.41) is 2.82. The Hall–Kier alpha value is -4.42. The molecule has 1 N–H and O–H groups in total. The molecule has 2 aliphatic heterocycles. The third-order valence-electron chi connectivity index (χ3n) is 7.17. The van der Waals surface area contributed by atoms with Crippen molar-refractivity contribution in [2.75, 3.05) is 18.5 Å². The average Bonchev–Trinajstić information content (AvgIpc) is 3.16. The van der Waals surface area contributed by atoms with E-state index in [1.165, 1.54) is 32.0 Å². The van der Waals surface area contributed by atoms with Crippen LogP contribution >= 0.6 is 11.6 Å². The molecule has 0 bridgehead atoms. The minimum atomic E-state index is -4.29. The first-order valence-corrected chi connectivity index (χ1v) is 15.7. The fourth-order valence-electron chi connectivity index (χ4n) is 4.99. The van der Waals surface area contributed by atoms with Crippen LogP contribution in [0, 0.1) is 13.8 Å². The lowest BCUT2D eigenvalue weighted by molar-refractivity contribution is -0.137. The molecule has 1 fully saturated rings. The first-order chi connectivity index (χ1) is 20.8. The van der Waals surface area contributed by atoms with E-state index in [-0.39, 0.29) is 46.7 Å². The summed E-state index contributed by atoms with van der Waals surface area (Å²) in [6.07, 6.45) is -0.924. The molecule has 1 unspecified atom stereocenters. The number of halogens is 1. The number of hydrogen-bond acceptors (Lipinski definition) is 8. The van der Waals surface area contributed by atoms with Gasteiger partial charge in [0.25, 0.3) is 21.8 Å². The van der Waals surface area contributed by atoms with Crippen molar-refractivity contribution >= 4 is 56.7 Å². The predicted molar refractivity (Wildman–Crippen MR) is 165 cm³/mol. The van der Waals surface area contributed by atoms with Gasteiger partial charge in [0.1, 0.15) is 10.6 Å². The van der Waals surface area contributed by atoms with E-state index < -0.39 is 39.6 Å². The number of nitrogens with zero attached hydrogens (tertiary/aromatic N) is 3. The number of amides is 3.